The lowest BCUT2D eigenvalue weighted by molar-refractivity contribution is -0.133. The highest BCUT2D eigenvalue weighted by Gasteiger charge is 2.27. The second-order valence-electron chi connectivity index (χ2n) is 5.87. The Labute approximate surface area is 131 Å². The number of amides is 1. The van der Waals surface area contributed by atoms with Gasteiger partial charge in [-0.25, -0.2) is 0 Å². The molecule has 0 spiro atoms. The molecule has 22 heavy (non-hydrogen) atoms. The minimum Gasteiger partial charge on any atom is -0.369 e. The zero-order valence-corrected chi connectivity index (χ0v) is 13.6. The molecule has 1 aromatic heterocycles. The highest BCUT2D eigenvalue weighted by Crippen LogP contribution is 2.15. The van der Waals surface area contributed by atoms with Crippen molar-refractivity contribution in [2.75, 3.05) is 12.4 Å². The van der Waals surface area contributed by atoms with Crippen LogP contribution in [-0.2, 0) is 22.4 Å². The first-order chi connectivity index (χ1) is 10.4. The Balaban J connectivity index is 1.95. The molecule has 0 aliphatic heterocycles. The van der Waals surface area contributed by atoms with Crippen LogP contribution in [0.4, 0.5) is 5.82 Å². The number of aryl methyl sites for hydroxylation is 3. The van der Waals surface area contributed by atoms with Crippen LogP contribution in [0.2, 0.25) is 0 Å². The summed E-state index contributed by atoms with van der Waals surface area (Å²) in [5.74, 6) is 0.307. The molecule has 0 fully saturated rings. The maximum atomic E-state index is 12.0. The van der Waals surface area contributed by atoms with Gasteiger partial charge in [-0.2, -0.15) is 5.10 Å². The van der Waals surface area contributed by atoms with Gasteiger partial charge in [-0.3, -0.25) is 9.89 Å². The molecule has 1 aromatic carbocycles. The van der Waals surface area contributed by atoms with Crippen molar-refractivity contribution in [3.8, 4) is 0 Å². The fourth-order valence-electron chi connectivity index (χ4n) is 2.07. The molecule has 0 aliphatic carbocycles. The molecule has 0 radical (unpaired) electrons. The Bertz CT molecular complexity index is 647. The lowest BCUT2D eigenvalue weighted by atomic mass is 10.0. The lowest BCUT2D eigenvalue weighted by Crippen LogP contribution is -2.38. The number of hydrogen-bond donors (Lipinski definition) is 2. The van der Waals surface area contributed by atoms with E-state index in [1.54, 1.807) is 13.8 Å². The maximum Gasteiger partial charge on any atom is 0.257 e. The van der Waals surface area contributed by atoms with Gasteiger partial charge in [0.05, 0.1) is 0 Å². The molecule has 2 N–H and O–H groups in total. The molecular formula is C17H23N3O2. The van der Waals surface area contributed by atoms with Crippen LogP contribution in [0.1, 0.15) is 30.7 Å². The molecule has 2 aromatic rings. The first-order valence-corrected chi connectivity index (χ1v) is 7.38. The van der Waals surface area contributed by atoms with E-state index in [0.29, 0.717) is 5.82 Å². The second-order valence-corrected chi connectivity index (χ2v) is 5.87. The fourth-order valence-corrected chi connectivity index (χ4v) is 2.07. The highest BCUT2D eigenvalue weighted by molar-refractivity contribution is 5.96. The summed E-state index contributed by atoms with van der Waals surface area (Å²) in [6.07, 6.45) is 1.78. The average molecular weight is 301 g/mol. The molecule has 118 valence electrons. The van der Waals surface area contributed by atoms with Gasteiger partial charge < -0.3 is 10.1 Å². The number of benzene rings is 1. The second kappa shape index (κ2) is 6.75. The third-order valence-electron chi connectivity index (χ3n) is 3.85. The molecule has 0 saturated heterocycles. The van der Waals surface area contributed by atoms with Crippen molar-refractivity contribution in [1.82, 2.24) is 10.2 Å². The van der Waals surface area contributed by atoms with Crippen LogP contribution < -0.4 is 5.32 Å². The Kier molecular flexibility index (Phi) is 4.98. The number of hydrogen-bond acceptors (Lipinski definition) is 3. The van der Waals surface area contributed by atoms with Gasteiger partial charge >= 0.3 is 0 Å². The van der Waals surface area contributed by atoms with E-state index in [2.05, 4.69) is 34.6 Å². The maximum absolute atomic E-state index is 12.0. The van der Waals surface area contributed by atoms with E-state index in [1.165, 1.54) is 18.2 Å². The van der Waals surface area contributed by atoms with E-state index >= 15 is 0 Å². The number of rotatable bonds is 6. The van der Waals surface area contributed by atoms with Crippen molar-refractivity contribution < 1.29 is 9.53 Å². The van der Waals surface area contributed by atoms with Crippen molar-refractivity contribution in [2.45, 2.75) is 39.2 Å². The number of ether oxygens (including phenoxy) is 1. The molecule has 5 heteroatoms. The van der Waals surface area contributed by atoms with Gasteiger partial charge in [-0.1, -0.05) is 24.3 Å². The van der Waals surface area contributed by atoms with Crippen LogP contribution in [-0.4, -0.2) is 28.8 Å². The molecule has 0 saturated carbocycles. The smallest absolute Gasteiger partial charge is 0.257 e. The summed E-state index contributed by atoms with van der Waals surface area (Å²) >= 11 is 0. The molecule has 0 unspecified atom stereocenters. The first-order valence-electron chi connectivity index (χ1n) is 7.38. The third-order valence-corrected chi connectivity index (χ3v) is 3.85. The van der Waals surface area contributed by atoms with Crippen molar-refractivity contribution in [2.24, 2.45) is 0 Å². The highest BCUT2D eigenvalue weighted by atomic mass is 16.5. The van der Waals surface area contributed by atoms with Crippen molar-refractivity contribution in [1.29, 1.82) is 0 Å². The van der Waals surface area contributed by atoms with E-state index in [4.69, 9.17) is 4.74 Å². The van der Waals surface area contributed by atoms with Gasteiger partial charge in [-0.15, -0.1) is 0 Å². The standard InChI is InChI=1S/C17H23N3O2/c1-12-7-5-6-8-13(12)9-10-14-11-15(20-19-14)18-16(21)17(2,3)22-4/h5-8,11H,9-10H2,1-4H3,(H2,18,19,20,21). The Morgan fingerprint density at radius 1 is 1.32 bits per heavy atom. The largest absolute Gasteiger partial charge is 0.369 e. The van der Waals surface area contributed by atoms with Crippen molar-refractivity contribution >= 4 is 11.7 Å². The molecule has 1 amide bonds. The minimum absolute atomic E-state index is 0.216. The lowest BCUT2D eigenvalue weighted by Gasteiger charge is -2.20. The van der Waals surface area contributed by atoms with Gasteiger partial charge in [0, 0.05) is 18.9 Å². The number of nitrogens with one attached hydrogen (secondary N) is 2. The molecule has 0 atom stereocenters. The zero-order chi connectivity index (χ0) is 16.2. The predicted octanol–water partition coefficient (Wildman–Crippen LogP) is 2.87. The molecule has 1 heterocycles. The number of anilines is 1. The van der Waals surface area contributed by atoms with Gasteiger partial charge in [0.1, 0.15) is 5.60 Å². The molecule has 2 rings (SSSR count). The number of H-pyrrole nitrogens is 1. The predicted molar refractivity (Wildman–Crippen MR) is 86.9 cm³/mol. The van der Waals surface area contributed by atoms with Gasteiger partial charge in [0.15, 0.2) is 5.82 Å². The fraction of sp³-hybridized carbons (Fsp3) is 0.412. The Morgan fingerprint density at radius 2 is 2.05 bits per heavy atom. The van der Waals surface area contributed by atoms with Crippen LogP contribution in [0.15, 0.2) is 30.3 Å². The van der Waals surface area contributed by atoms with Gasteiger partial charge in [-0.05, 0) is 44.7 Å². The van der Waals surface area contributed by atoms with E-state index < -0.39 is 5.60 Å². The average Bonchev–Trinajstić information content (AvgIpc) is 2.94. The molecular weight excluding hydrogens is 278 g/mol. The van der Waals surface area contributed by atoms with Crippen LogP contribution in [0.5, 0.6) is 0 Å². The number of carbonyl (C=O) groups is 1. The summed E-state index contributed by atoms with van der Waals surface area (Å²) in [7, 11) is 1.51. The quantitative estimate of drug-likeness (QED) is 0.862. The van der Waals surface area contributed by atoms with E-state index in [0.717, 1.165) is 18.5 Å². The normalized spacial score (nSPS) is 11.5. The van der Waals surface area contributed by atoms with E-state index in [1.807, 2.05) is 18.2 Å². The first kappa shape index (κ1) is 16.2. The van der Waals surface area contributed by atoms with E-state index in [-0.39, 0.29) is 5.91 Å². The number of methoxy groups -OCH3 is 1. The van der Waals surface area contributed by atoms with E-state index in [9.17, 15) is 4.79 Å². The summed E-state index contributed by atoms with van der Waals surface area (Å²) in [4.78, 5) is 12.0. The van der Waals surface area contributed by atoms with Gasteiger partial charge in [0.2, 0.25) is 0 Å². The Morgan fingerprint density at radius 3 is 2.73 bits per heavy atom. The monoisotopic (exact) mass is 301 g/mol. The molecule has 0 bridgehead atoms. The van der Waals surface area contributed by atoms with Gasteiger partial charge in [0.25, 0.3) is 5.91 Å². The summed E-state index contributed by atoms with van der Waals surface area (Å²) in [6.45, 7) is 5.54. The number of aromatic nitrogens is 2. The van der Waals surface area contributed by atoms with Crippen LogP contribution in [0, 0.1) is 6.92 Å². The van der Waals surface area contributed by atoms with Crippen molar-refractivity contribution in [3.63, 3.8) is 0 Å². The van der Waals surface area contributed by atoms with Crippen LogP contribution in [0.25, 0.3) is 0 Å². The molecule has 0 aliphatic rings. The SMILES string of the molecule is COC(C)(C)C(=O)Nc1cc(CCc2ccccc2C)[nH]n1. The number of nitrogens with zero attached hydrogens (tertiary/aromatic N) is 1. The van der Waals surface area contributed by atoms with Crippen LogP contribution >= 0.6 is 0 Å². The third kappa shape index (κ3) is 3.95. The molecule has 5 nitrogen and oxygen atoms in total. The summed E-state index contributed by atoms with van der Waals surface area (Å²) in [5, 5.41) is 9.85. The summed E-state index contributed by atoms with van der Waals surface area (Å²) < 4.78 is 5.15. The number of aromatic amines is 1. The van der Waals surface area contributed by atoms with Crippen LogP contribution in [0.3, 0.4) is 0 Å². The summed E-state index contributed by atoms with van der Waals surface area (Å²) in [5.41, 5.74) is 2.73. The summed E-state index contributed by atoms with van der Waals surface area (Å²) in [6, 6.07) is 10.2. The minimum atomic E-state index is -0.875. The Hall–Kier alpha value is -2.14. The topological polar surface area (TPSA) is 67.0 Å². The zero-order valence-electron chi connectivity index (χ0n) is 13.6. The number of carbonyl (C=O) groups excluding carboxylic acids is 1. The van der Waals surface area contributed by atoms with Crippen molar-refractivity contribution in [3.05, 3.63) is 47.2 Å².